The zero-order valence-corrected chi connectivity index (χ0v) is 17.4. The SMILES string of the molecule is CC(C)(C)c1[nH]c2ccc(NC(=O)C3(c4ccc5c(c4)OCO5)CC3)cc2c1Cl.[HH]. The second-order valence-corrected chi connectivity index (χ2v) is 9.31. The molecular formula is C23H25ClN2O3. The highest BCUT2D eigenvalue weighted by atomic mass is 35.5. The van der Waals surface area contributed by atoms with E-state index in [2.05, 4.69) is 31.1 Å². The fourth-order valence-corrected chi connectivity index (χ4v) is 4.46. The van der Waals surface area contributed by atoms with Crippen LogP contribution in [0, 0.1) is 0 Å². The topological polar surface area (TPSA) is 63.4 Å². The first-order valence-corrected chi connectivity index (χ1v) is 10.2. The van der Waals surface area contributed by atoms with Crippen molar-refractivity contribution in [3.05, 3.63) is 52.7 Å². The van der Waals surface area contributed by atoms with Gasteiger partial charge in [0.2, 0.25) is 12.7 Å². The minimum Gasteiger partial charge on any atom is -0.454 e. The van der Waals surface area contributed by atoms with Crippen molar-refractivity contribution in [1.82, 2.24) is 4.98 Å². The van der Waals surface area contributed by atoms with Crippen molar-refractivity contribution >= 4 is 34.1 Å². The molecule has 2 aliphatic rings. The number of aromatic amines is 1. The molecule has 0 atom stereocenters. The van der Waals surface area contributed by atoms with Crippen LogP contribution in [0.5, 0.6) is 11.5 Å². The Morgan fingerprint density at radius 1 is 1.14 bits per heavy atom. The Morgan fingerprint density at radius 2 is 1.90 bits per heavy atom. The van der Waals surface area contributed by atoms with E-state index in [9.17, 15) is 4.79 Å². The van der Waals surface area contributed by atoms with Gasteiger partial charge < -0.3 is 19.8 Å². The number of carbonyl (C=O) groups excluding carboxylic acids is 1. The van der Waals surface area contributed by atoms with Crippen LogP contribution in [0.3, 0.4) is 0 Å². The van der Waals surface area contributed by atoms with Crippen molar-refractivity contribution in [3.63, 3.8) is 0 Å². The second-order valence-electron chi connectivity index (χ2n) is 8.93. The zero-order valence-electron chi connectivity index (χ0n) is 16.7. The Morgan fingerprint density at radius 3 is 2.62 bits per heavy atom. The Balaban J connectivity index is 0.00000218. The molecule has 2 N–H and O–H groups in total. The maximum atomic E-state index is 13.2. The van der Waals surface area contributed by atoms with E-state index in [0.29, 0.717) is 10.8 Å². The quantitative estimate of drug-likeness (QED) is 0.574. The predicted molar refractivity (Wildman–Crippen MR) is 116 cm³/mol. The van der Waals surface area contributed by atoms with Gasteiger partial charge in [-0.25, -0.2) is 0 Å². The number of anilines is 1. The minimum atomic E-state index is -0.506. The molecule has 5 rings (SSSR count). The molecule has 0 radical (unpaired) electrons. The summed E-state index contributed by atoms with van der Waals surface area (Å²) in [7, 11) is 0. The molecule has 0 saturated heterocycles. The normalized spacial score (nSPS) is 16.8. The molecule has 6 heteroatoms. The number of hydrogen-bond acceptors (Lipinski definition) is 3. The van der Waals surface area contributed by atoms with Gasteiger partial charge in [-0.2, -0.15) is 0 Å². The highest BCUT2D eigenvalue weighted by Gasteiger charge is 2.51. The van der Waals surface area contributed by atoms with Crippen molar-refractivity contribution in [2.45, 2.75) is 44.4 Å². The number of carbonyl (C=O) groups is 1. The molecule has 152 valence electrons. The first-order valence-electron chi connectivity index (χ1n) is 9.81. The summed E-state index contributed by atoms with van der Waals surface area (Å²) in [5.41, 5.74) is 3.09. The largest absolute Gasteiger partial charge is 0.454 e. The molecule has 2 aromatic carbocycles. The average molecular weight is 413 g/mol. The van der Waals surface area contributed by atoms with Gasteiger partial charge >= 0.3 is 0 Å². The molecule has 29 heavy (non-hydrogen) atoms. The van der Waals surface area contributed by atoms with Crippen LogP contribution in [-0.4, -0.2) is 17.7 Å². The van der Waals surface area contributed by atoms with Gasteiger partial charge in [-0.15, -0.1) is 0 Å². The molecule has 1 aromatic heterocycles. The maximum absolute atomic E-state index is 13.2. The molecule has 5 nitrogen and oxygen atoms in total. The van der Waals surface area contributed by atoms with Crippen LogP contribution >= 0.6 is 11.6 Å². The number of ether oxygens (including phenoxy) is 2. The third kappa shape index (κ3) is 2.96. The number of rotatable bonds is 3. The second kappa shape index (κ2) is 6.17. The lowest BCUT2D eigenvalue weighted by Crippen LogP contribution is -2.27. The van der Waals surface area contributed by atoms with Crippen molar-refractivity contribution in [1.29, 1.82) is 0 Å². The number of benzene rings is 2. The summed E-state index contributed by atoms with van der Waals surface area (Å²) in [6, 6.07) is 11.6. The average Bonchev–Trinajstić information content (AvgIpc) is 3.24. The van der Waals surface area contributed by atoms with Crippen molar-refractivity contribution in [2.75, 3.05) is 12.1 Å². The highest BCUT2D eigenvalue weighted by Crippen LogP contribution is 2.51. The molecule has 1 saturated carbocycles. The van der Waals surface area contributed by atoms with E-state index in [1.165, 1.54) is 0 Å². The summed E-state index contributed by atoms with van der Waals surface area (Å²) in [4.78, 5) is 16.6. The lowest BCUT2D eigenvalue weighted by atomic mass is 9.92. The van der Waals surface area contributed by atoms with Crippen LogP contribution < -0.4 is 14.8 Å². The van der Waals surface area contributed by atoms with E-state index in [4.69, 9.17) is 21.1 Å². The van der Waals surface area contributed by atoms with Gasteiger partial charge in [0.1, 0.15) is 0 Å². The lowest BCUT2D eigenvalue weighted by Gasteiger charge is -2.17. The van der Waals surface area contributed by atoms with E-state index >= 15 is 0 Å². The Bertz CT molecular complexity index is 1150. The summed E-state index contributed by atoms with van der Waals surface area (Å²) in [5.74, 6) is 1.43. The van der Waals surface area contributed by atoms with Crippen LogP contribution in [0.4, 0.5) is 5.69 Å². The summed E-state index contributed by atoms with van der Waals surface area (Å²) >= 11 is 6.63. The first kappa shape index (κ1) is 18.4. The summed E-state index contributed by atoms with van der Waals surface area (Å²) in [5, 5.41) is 4.72. The molecule has 0 bridgehead atoms. The Kier molecular flexibility index (Phi) is 3.91. The number of nitrogens with one attached hydrogen (secondary N) is 2. The number of hydrogen-bond donors (Lipinski definition) is 2. The van der Waals surface area contributed by atoms with Gasteiger partial charge in [-0.3, -0.25) is 4.79 Å². The van der Waals surface area contributed by atoms with E-state index in [1.54, 1.807) is 0 Å². The monoisotopic (exact) mass is 412 g/mol. The molecule has 2 heterocycles. The number of H-pyrrole nitrogens is 1. The summed E-state index contributed by atoms with van der Waals surface area (Å²) in [6.45, 7) is 6.59. The van der Waals surface area contributed by atoms with E-state index in [-0.39, 0.29) is 19.5 Å². The smallest absolute Gasteiger partial charge is 0.235 e. The van der Waals surface area contributed by atoms with E-state index in [1.807, 2.05) is 36.4 Å². The number of aromatic nitrogens is 1. The number of fused-ring (bicyclic) bond motifs is 2. The van der Waals surface area contributed by atoms with Gasteiger partial charge in [0.05, 0.1) is 10.4 Å². The number of halogens is 1. The zero-order chi connectivity index (χ0) is 20.4. The predicted octanol–water partition coefficient (Wildman–Crippen LogP) is 5.76. The molecule has 1 aliphatic carbocycles. The van der Waals surface area contributed by atoms with Gasteiger partial charge in [0, 0.05) is 29.1 Å². The van der Waals surface area contributed by atoms with Crippen LogP contribution in [0.15, 0.2) is 36.4 Å². The third-order valence-electron chi connectivity index (χ3n) is 5.85. The Labute approximate surface area is 175 Å². The molecule has 0 spiro atoms. The molecule has 1 aliphatic heterocycles. The minimum absolute atomic E-state index is 0. The standard InChI is InChI=1S/C23H23ClN2O3.H2/c1-22(2,3)20-19(24)15-11-14(5-6-16(15)26-20)25-21(27)23(8-9-23)13-4-7-17-18(10-13)29-12-28-17;/h4-7,10-11,26H,8-9,12H2,1-3H3,(H,25,27);1H. The molecular weight excluding hydrogens is 388 g/mol. The van der Waals surface area contributed by atoms with E-state index in [0.717, 1.165) is 46.4 Å². The summed E-state index contributed by atoms with van der Waals surface area (Å²) in [6.07, 6.45) is 1.64. The van der Waals surface area contributed by atoms with Crippen LogP contribution in [-0.2, 0) is 15.6 Å². The molecule has 3 aromatic rings. The molecule has 0 unspecified atom stereocenters. The van der Waals surface area contributed by atoms with Crippen LogP contribution in [0.25, 0.3) is 10.9 Å². The van der Waals surface area contributed by atoms with Gasteiger partial charge in [0.25, 0.3) is 0 Å². The van der Waals surface area contributed by atoms with E-state index < -0.39 is 5.41 Å². The molecule has 1 amide bonds. The Hall–Kier alpha value is -2.66. The fraction of sp³-hybridized carbons (Fsp3) is 0.348. The maximum Gasteiger partial charge on any atom is 0.235 e. The third-order valence-corrected chi connectivity index (χ3v) is 6.25. The molecule has 1 fully saturated rings. The van der Waals surface area contributed by atoms with Gasteiger partial charge in [-0.05, 0) is 48.7 Å². The van der Waals surface area contributed by atoms with Gasteiger partial charge in [-0.1, -0.05) is 38.4 Å². The summed E-state index contributed by atoms with van der Waals surface area (Å²) < 4.78 is 10.9. The van der Waals surface area contributed by atoms with Crippen LogP contribution in [0.2, 0.25) is 5.02 Å². The van der Waals surface area contributed by atoms with Crippen molar-refractivity contribution < 1.29 is 15.7 Å². The highest BCUT2D eigenvalue weighted by molar-refractivity contribution is 6.36. The van der Waals surface area contributed by atoms with Crippen LogP contribution in [0.1, 0.15) is 46.3 Å². The number of amides is 1. The first-order chi connectivity index (χ1) is 13.8. The lowest BCUT2D eigenvalue weighted by molar-refractivity contribution is -0.118. The van der Waals surface area contributed by atoms with Gasteiger partial charge in [0.15, 0.2) is 11.5 Å². The fourth-order valence-electron chi connectivity index (χ4n) is 3.97. The van der Waals surface area contributed by atoms with Crippen molar-refractivity contribution in [3.8, 4) is 11.5 Å². The van der Waals surface area contributed by atoms with Crippen molar-refractivity contribution in [2.24, 2.45) is 0 Å².